The highest BCUT2D eigenvalue weighted by atomic mass is 79.9. The first kappa shape index (κ1) is 13.6. The van der Waals surface area contributed by atoms with Crippen molar-refractivity contribution in [2.75, 3.05) is 13.2 Å². The third kappa shape index (κ3) is 2.96. The molecule has 3 heteroatoms. The van der Waals surface area contributed by atoms with Crippen LogP contribution < -0.4 is 5.32 Å². The van der Waals surface area contributed by atoms with Gasteiger partial charge in [0, 0.05) is 4.47 Å². The van der Waals surface area contributed by atoms with Crippen LogP contribution in [0.2, 0.25) is 0 Å². The van der Waals surface area contributed by atoms with E-state index in [2.05, 4.69) is 59.4 Å². The molecule has 98 valence electrons. The number of allylic oxidation sites excluding steroid dienone is 1. The molecule has 0 aromatic heterocycles. The van der Waals surface area contributed by atoms with E-state index in [1.54, 1.807) is 0 Å². The Kier molecular flexibility index (Phi) is 4.84. The lowest BCUT2D eigenvalue weighted by Crippen LogP contribution is -2.25. The zero-order valence-electron chi connectivity index (χ0n) is 11.0. The summed E-state index contributed by atoms with van der Waals surface area (Å²) in [6, 6.07) is 6.53. The van der Waals surface area contributed by atoms with Crippen molar-refractivity contribution in [2.24, 2.45) is 0 Å². The van der Waals surface area contributed by atoms with Crippen LogP contribution in [0.3, 0.4) is 0 Å². The van der Waals surface area contributed by atoms with E-state index in [1.165, 1.54) is 15.6 Å². The van der Waals surface area contributed by atoms with E-state index in [0.29, 0.717) is 0 Å². The molecule has 0 saturated carbocycles. The van der Waals surface area contributed by atoms with Gasteiger partial charge in [-0.2, -0.15) is 0 Å². The molecular formula is C15H20BrNO. The average Bonchev–Trinajstić information content (AvgIpc) is 2.41. The van der Waals surface area contributed by atoms with Crippen LogP contribution in [0.25, 0.3) is 0 Å². The summed E-state index contributed by atoms with van der Waals surface area (Å²) < 4.78 is 6.99. The van der Waals surface area contributed by atoms with E-state index in [0.717, 1.165) is 31.8 Å². The molecule has 1 aliphatic rings. The Morgan fingerprint density at radius 3 is 2.94 bits per heavy atom. The number of likely N-dealkylation sites (N-methyl/N-ethyl adjacent to an activating group) is 1. The number of halogens is 1. The van der Waals surface area contributed by atoms with E-state index in [1.807, 2.05) is 0 Å². The molecule has 1 heterocycles. The van der Waals surface area contributed by atoms with Gasteiger partial charge in [-0.15, -0.1) is 0 Å². The summed E-state index contributed by atoms with van der Waals surface area (Å²) in [6.07, 6.45) is 4.45. The van der Waals surface area contributed by atoms with Crippen LogP contribution in [0.15, 0.2) is 34.5 Å². The third-order valence-electron chi connectivity index (χ3n) is 3.19. The number of nitrogens with one attached hydrogen (secondary N) is 1. The molecule has 0 bridgehead atoms. The fourth-order valence-electron chi connectivity index (χ4n) is 2.24. The van der Waals surface area contributed by atoms with Crippen LogP contribution in [0, 0.1) is 6.92 Å². The number of hydrogen-bond donors (Lipinski definition) is 1. The maximum Gasteiger partial charge on any atom is 0.113 e. The van der Waals surface area contributed by atoms with Crippen LogP contribution in [0.1, 0.15) is 36.9 Å². The largest absolute Gasteiger partial charge is 0.496 e. The summed E-state index contributed by atoms with van der Waals surface area (Å²) >= 11 is 3.69. The van der Waals surface area contributed by atoms with E-state index in [-0.39, 0.29) is 6.04 Å². The number of rotatable bonds is 4. The van der Waals surface area contributed by atoms with Crippen molar-refractivity contribution in [1.29, 1.82) is 0 Å². The van der Waals surface area contributed by atoms with Gasteiger partial charge in [0.1, 0.15) is 5.76 Å². The minimum Gasteiger partial charge on any atom is -0.496 e. The summed E-state index contributed by atoms with van der Waals surface area (Å²) in [7, 11) is 0. The third-order valence-corrected chi connectivity index (χ3v) is 4.27. The highest BCUT2D eigenvalue weighted by molar-refractivity contribution is 9.10. The second-order valence-corrected chi connectivity index (χ2v) is 5.36. The van der Waals surface area contributed by atoms with Gasteiger partial charge in [-0.1, -0.05) is 41.1 Å². The Labute approximate surface area is 118 Å². The first-order chi connectivity index (χ1) is 8.74. The van der Waals surface area contributed by atoms with Crippen molar-refractivity contribution in [3.05, 3.63) is 45.6 Å². The first-order valence-electron chi connectivity index (χ1n) is 6.55. The topological polar surface area (TPSA) is 21.3 Å². The van der Waals surface area contributed by atoms with Gasteiger partial charge in [-0.05, 0) is 43.5 Å². The lowest BCUT2D eigenvalue weighted by Gasteiger charge is -2.26. The molecule has 0 radical (unpaired) electrons. The van der Waals surface area contributed by atoms with Gasteiger partial charge >= 0.3 is 0 Å². The van der Waals surface area contributed by atoms with Gasteiger partial charge in [0.15, 0.2) is 0 Å². The van der Waals surface area contributed by atoms with Crippen LogP contribution in [0.4, 0.5) is 0 Å². The van der Waals surface area contributed by atoms with Crippen molar-refractivity contribution < 1.29 is 4.74 Å². The fraction of sp³-hybridized carbons (Fsp3) is 0.467. The maximum atomic E-state index is 5.82. The van der Waals surface area contributed by atoms with Gasteiger partial charge in [-0.3, -0.25) is 0 Å². The Hall–Kier alpha value is -0.800. The van der Waals surface area contributed by atoms with Gasteiger partial charge in [0.25, 0.3) is 0 Å². The molecule has 1 N–H and O–H groups in total. The second-order valence-electron chi connectivity index (χ2n) is 4.57. The Bertz CT molecular complexity index is 442. The second kappa shape index (κ2) is 6.39. The molecule has 1 aromatic carbocycles. The van der Waals surface area contributed by atoms with E-state index in [9.17, 15) is 0 Å². The van der Waals surface area contributed by atoms with Crippen LogP contribution in [-0.2, 0) is 4.74 Å². The standard InChI is InChI=1S/C15H20BrNO/c1-3-17-15(13-9-4-5-10-18-13)12-8-6-7-11(2)14(12)16/h6-9,15,17H,3-5,10H2,1-2H3. The van der Waals surface area contributed by atoms with E-state index < -0.39 is 0 Å². The van der Waals surface area contributed by atoms with Crippen molar-refractivity contribution in [2.45, 2.75) is 32.7 Å². The summed E-state index contributed by atoms with van der Waals surface area (Å²) in [5, 5.41) is 3.51. The number of ether oxygens (including phenoxy) is 1. The molecule has 1 aliphatic heterocycles. The van der Waals surface area contributed by atoms with E-state index >= 15 is 0 Å². The number of hydrogen-bond acceptors (Lipinski definition) is 2. The quantitative estimate of drug-likeness (QED) is 0.904. The predicted octanol–water partition coefficient (Wildman–Crippen LogP) is 4.10. The molecule has 2 rings (SSSR count). The summed E-state index contributed by atoms with van der Waals surface area (Å²) in [5.41, 5.74) is 2.51. The summed E-state index contributed by atoms with van der Waals surface area (Å²) in [5.74, 6) is 1.06. The molecular weight excluding hydrogens is 290 g/mol. The molecule has 0 amide bonds. The van der Waals surface area contributed by atoms with Gasteiger partial charge in [0.2, 0.25) is 0 Å². The van der Waals surface area contributed by atoms with Crippen molar-refractivity contribution >= 4 is 15.9 Å². The zero-order chi connectivity index (χ0) is 13.0. The molecule has 0 fully saturated rings. The lowest BCUT2D eigenvalue weighted by molar-refractivity contribution is 0.168. The minimum absolute atomic E-state index is 0.157. The van der Waals surface area contributed by atoms with Crippen molar-refractivity contribution in [1.82, 2.24) is 5.32 Å². The molecule has 0 spiro atoms. The predicted molar refractivity (Wildman–Crippen MR) is 78.6 cm³/mol. The molecule has 1 atom stereocenters. The Balaban J connectivity index is 2.34. The highest BCUT2D eigenvalue weighted by Gasteiger charge is 2.21. The number of aryl methyl sites for hydroxylation is 1. The molecule has 2 nitrogen and oxygen atoms in total. The smallest absolute Gasteiger partial charge is 0.113 e. The molecule has 0 aliphatic carbocycles. The van der Waals surface area contributed by atoms with Crippen LogP contribution >= 0.6 is 15.9 Å². The highest BCUT2D eigenvalue weighted by Crippen LogP contribution is 2.32. The normalized spacial score (nSPS) is 16.9. The number of benzene rings is 1. The first-order valence-corrected chi connectivity index (χ1v) is 7.34. The van der Waals surface area contributed by atoms with Crippen LogP contribution in [-0.4, -0.2) is 13.2 Å². The summed E-state index contributed by atoms with van der Waals surface area (Å²) in [6.45, 7) is 6.00. The zero-order valence-corrected chi connectivity index (χ0v) is 12.6. The lowest BCUT2D eigenvalue weighted by atomic mass is 10.0. The molecule has 0 saturated heterocycles. The fourth-order valence-corrected chi connectivity index (χ4v) is 2.73. The SMILES string of the molecule is CCNC(C1=CCCCO1)c1cccc(C)c1Br. The van der Waals surface area contributed by atoms with Crippen LogP contribution in [0.5, 0.6) is 0 Å². The van der Waals surface area contributed by atoms with Gasteiger partial charge in [0.05, 0.1) is 12.6 Å². The average molecular weight is 310 g/mol. The van der Waals surface area contributed by atoms with Crippen molar-refractivity contribution in [3.8, 4) is 0 Å². The molecule has 18 heavy (non-hydrogen) atoms. The van der Waals surface area contributed by atoms with Crippen molar-refractivity contribution in [3.63, 3.8) is 0 Å². The minimum atomic E-state index is 0.157. The van der Waals surface area contributed by atoms with Gasteiger partial charge in [-0.25, -0.2) is 0 Å². The Morgan fingerprint density at radius 2 is 2.28 bits per heavy atom. The Morgan fingerprint density at radius 1 is 1.44 bits per heavy atom. The van der Waals surface area contributed by atoms with E-state index in [4.69, 9.17) is 4.74 Å². The molecule has 1 aromatic rings. The monoisotopic (exact) mass is 309 g/mol. The molecule has 1 unspecified atom stereocenters. The van der Waals surface area contributed by atoms with Gasteiger partial charge < -0.3 is 10.1 Å². The summed E-state index contributed by atoms with van der Waals surface area (Å²) in [4.78, 5) is 0. The maximum absolute atomic E-state index is 5.82.